The summed E-state index contributed by atoms with van der Waals surface area (Å²) in [5.74, 6) is 0.166. The van der Waals surface area contributed by atoms with Crippen LogP contribution in [0, 0.1) is 0 Å². The molecule has 2 amide bonds. The number of rotatable bonds is 4. The molecule has 0 atom stereocenters. The number of anilines is 1. The molecule has 0 saturated carbocycles. The van der Waals surface area contributed by atoms with Crippen LogP contribution < -0.4 is 5.73 Å². The lowest BCUT2D eigenvalue weighted by molar-refractivity contribution is -0.131. The fourth-order valence-corrected chi connectivity index (χ4v) is 3.29. The number of aryl methyl sites for hydroxylation is 1. The van der Waals surface area contributed by atoms with Crippen LogP contribution in [0.15, 0.2) is 54.6 Å². The Morgan fingerprint density at radius 3 is 2.27 bits per heavy atom. The number of amides is 2. The number of nitrogens with two attached hydrogens (primary N) is 1. The monoisotopic (exact) mass is 351 g/mol. The van der Waals surface area contributed by atoms with Crippen molar-refractivity contribution in [2.75, 3.05) is 31.9 Å². The quantitative estimate of drug-likeness (QED) is 0.861. The maximum atomic E-state index is 12.6. The Kier molecular flexibility index (Phi) is 5.89. The lowest BCUT2D eigenvalue weighted by atomic mass is 10.1. The van der Waals surface area contributed by atoms with E-state index in [1.807, 2.05) is 64.4 Å². The van der Waals surface area contributed by atoms with Gasteiger partial charge in [-0.2, -0.15) is 0 Å². The normalized spacial score (nSPS) is 14.8. The lowest BCUT2D eigenvalue weighted by Gasteiger charge is -2.22. The molecule has 1 fully saturated rings. The van der Waals surface area contributed by atoms with Crippen molar-refractivity contribution >= 4 is 17.5 Å². The van der Waals surface area contributed by atoms with Gasteiger partial charge in [-0.3, -0.25) is 9.59 Å². The Morgan fingerprint density at radius 1 is 0.846 bits per heavy atom. The summed E-state index contributed by atoms with van der Waals surface area (Å²) in [7, 11) is 0. The molecule has 3 rings (SSSR count). The molecule has 2 N–H and O–H groups in total. The van der Waals surface area contributed by atoms with Crippen molar-refractivity contribution in [2.45, 2.75) is 19.3 Å². The highest BCUT2D eigenvalue weighted by atomic mass is 16.2. The summed E-state index contributed by atoms with van der Waals surface area (Å²) in [4.78, 5) is 28.9. The van der Waals surface area contributed by atoms with Gasteiger partial charge in [0.05, 0.1) is 0 Å². The van der Waals surface area contributed by atoms with Crippen molar-refractivity contribution in [1.29, 1.82) is 0 Å². The fourth-order valence-electron chi connectivity index (χ4n) is 3.29. The highest BCUT2D eigenvalue weighted by Gasteiger charge is 2.22. The molecule has 26 heavy (non-hydrogen) atoms. The number of hydrogen-bond acceptors (Lipinski definition) is 3. The number of para-hydroxylation sites is 1. The van der Waals surface area contributed by atoms with E-state index in [2.05, 4.69) is 0 Å². The first-order valence-corrected chi connectivity index (χ1v) is 9.10. The predicted molar refractivity (Wildman–Crippen MR) is 103 cm³/mol. The van der Waals surface area contributed by atoms with Gasteiger partial charge in [-0.1, -0.05) is 36.4 Å². The molecule has 2 aromatic carbocycles. The molecule has 136 valence electrons. The average Bonchev–Trinajstić information content (AvgIpc) is 2.93. The zero-order valence-electron chi connectivity index (χ0n) is 14.9. The summed E-state index contributed by atoms with van der Waals surface area (Å²) < 4.78 is 0. The first kappa shape index (κ1) is 18.0. The molecule has 5 heteroatoms. The maximum absolute atomic E-state index is 12.6. The number of hydrogen-bond donors (Lipinski definition) is 1. The number of nitrogen functional groups attached to an aromatic ring is 1. The van der Waals surface area contributed by atoms with Gasteiger partial charge in [0.25, 0.3) is 5.91 Å². The summed E-state index contributed by atoms with van der Waals surface area (Å²) in [5, 5.41) is 0. The average molecular weight is 351 g/mol. The minimum atomic E-state index is 0.0389. The molecule has 1 saturated heterocycles. The van der Waals surface area contributed by atoms with Gasteiger partial charge in [-0.05, 0) is 36.6 Å². The zero-order chi connectivity index (χ0) is 18.4. The largest absolute Gasteiger partial charge is 0.399 e. The van der Waals surface area contributed by atoms with Gasteiger partial charge in [0.1, 0.15) is 0 Å². The van der Waals surface area contributed by atoms with Crippen molar-refractivity contribution in [2.24, 2.45) is 0 Å². The third kappa shape index (κ3) is 4.42. The van der Waals surface area contributed by atoms with Gasteiger partial charge in [0.15, 0.2) is 0 Å². The van der Waals surface area contributed by atoms with Gasteiger partial charge < -0.3 is 15.5 Å². The first-order valence-electron chi connectivity index (χ1n) is 9.10. The highest BCUT2D eigenvalue weighted by molar-refractivity contribution is 5.94. The van der Waals surface area contributed by atoms with Crippen LogP contribution in [-0.2, 0) is 11.2 Å². The van der Waals surface area contributed by atoms with E-state index in [4.69, 9.17) is 5.73 Å². The Hall–Kier alpha value is -2.82. The molecular formula is C21H25N3O2. The highest BCUT2D eigenvalue weighted by Crippen LogP contribution is 2.15. The number of benzene rings is 2. The second kappa shape index (κ2) is 8.52. The van der Waals surface area contributed by atoms with Crippen LogP contribution in [-0.4, -0.2) is 47.8 Å². The SMILES string of the molecule is Nc1ccccc1CCC(=O)N1CCCN(C(=O)c2ccccc2)CC1. The van der Waals surface area contributed by atoms with Crippen molar-refractivity contribution in [1.82, 2.24) is 9.80 Å². The summed E-state index contributed by atoms with van der Waals surface area (Å²) >= 11 is 0. The van der Waals surface area contributed by atoms with Gasteiger partial charge in [0.2, 0.25) is 5.91 Å². The molecule has 0 aromatic heterocycles. The van der Waals surface area contributed by atoms with E-state index in [0.717, 1.165) is 17.7 Å². The van der Waals surface area contributed by atoms with Gasteiger partial charge >= 0.3 is 0 Å². The minimum Gasteiger partial charge on any atom is -0.399 e. The Morgan fingerprint density at radius 2 is 1.50 bits per heavy atom. The summed E-state index contributed by atoms with van der Waals surface area (Å²) in [6.45, 7) is 2.54. The third-order valence-electron chi connectivity index (χ3n) is 4.82. The van der Waals surface area contributed by atoms with E-state index < -0.39 is 0 Å². The molecule has 2 aromatic rings. The Bertz CT molecular complexity index is 761. The molecule has 1 aliphatic rings. The topological polar surface area (TPSA) is 66.6 Å². The van der Waals surface area contributed by atoms with Crippen LogP contribution in [0.2, 0.25) is 0 Å². The second-order valence-corrected chi connectivity index (χ2v) is 6.59. The zero-order valence-corrected chi connectivity index (χ0v) is 14.9. The molecule has 0 aliphatic carbocycles. The molecular weight excluding hydrogens is 326 g/mol. The molecule has 0 radical (unpaired) electrons. The molecule has 1 heterocycles. The van der Waals surface area contributed by atoms with E-state index in [0.29, 0.717) is 44.6 Å². The minimum absolute atomic E-state index is 0.0389. The maximum Gasteiger partial charge on any atom is 0.253 e. The van der Waals surface area contributed by atoms with Crippen LogP contribution >= 0.6 is 0 Å². The Balaban J connectivity index is 1.54. The van der Waals surface area contributed by atoms with E-state index in [1.165, 1.54) is 0 Å². The fraction of sp³-hybridized carbons (Fsp3) is 0.333. The van der Waals surface area contributed by atoms with E-state index in [-0.39, 0.29) is 11.8 Å². The summed E-state index contributed by atoms with van der Waals surface area (Å²) in [5.41, 5.74) is 8.39. The first-order chi connectivity index (χ1) is 12.6. The standard InChI is InChI=1S/C21H25N3O2/c22-19-10-5-4-7-17(19)11-12-20(25)23-13-6-14-24(16-15-23)21(26)18-8-2-1-3-9-18/h1-5,7-10H,6,11-16,22H2. The Labute approximate surface area is 154 Å². The van der Waals surface area contributed by atoms with Crippen molar-refractivity contribution in [3.8, 4) is 0 Å². The van der Waals surface area contributed by atoms with E-state index in [9.17, 15) is 9.59 Å². The van der Waals surface area contributed by atoms with E-state index >= 15 is 0 Å². The predicted octanol–water partition coefficient (Wildman–Crippen LogP) is 2.58. The van der Waals surface area contributed by atoms with Crippen molar-refractivity contribution in [3.05, 3.63) is 65.7 Å². The van der Waals surface area contributed by atoms with Crippen molar-refractivity contribution < 1.29 is 9.59 Å². The molecule has 5 nitrogen and oxygen atoms in total. The van der Waals surface area contributed by atoms with Crippen LogP contribution in [0.4, 0.5) is 5.69 Å². The van der Waals surface area contributed by atoms with E-state index in [1.54, 1.807) is 0 Å². The molecule has 1 aliphatic heterocycles. The number of carbonyl (C=O) groups is 2. The summed E-state index contributed by atoms with van der Waals surface area (Å²) in [6, 6.07) is 17.0. The molecule has 0 unspecified atom stereocenters. The van der Waals surface area contributed by atoms with Gasteiger partial charge in [-0.25, -0.2) is 0 Å². The third-order valence-corrected chi connectivity index (χ3v) is 4.82. The number of carbonyl (C=O) groups excluding carboxylic acids is 2. The van der Waals surface area contributed by atoms with Gasteiger partial charge in [-0.15, -0.1) is 0 Å². The van der Waals surface area contributed by atoms with Crippen molar-refractivity contribution in [3.63, 3.8) is 0 Å². The van der Waals surface area contributed by atoms with Crippen LogP contribution in [0.3, 0.4) is 0 Å². The second-order valence-electron chi connectivity index (χ2n) is 6.59. The van der Waals surface area contributed by atoms with Crippen LogP contribution in [0.1, 0.15) is 28.8 Å². The number of nitrogens with zero attached hydrogens (tertiary/aromatic N) is 2. The van der Waals surface area contributed by atoms with Gasteiger partial charge in [0, 0.05) is 43.9 Å². The summed E-state index contributed by atoms with van der Waals surface area (Å²) in [6.07, 6.45) is 1.90. The lowest BCUT2D eigenvalue weighted by Crippen LogP contribution is -2.37. The smallest absolute Gasteiger partial charge is 0.253 e. The van der Waals surface area contributed by atoms with Crippen LogP contribution in [0.25, 0.3) is 0 Å². The molecule has 0 spiro atoms. The van der Waals surface area contributed by atoms with Crippen LogP contribution in [0.5, 0.6) is 0 Å². The molecule has 0 bridgehead atoms.